The molecule has 5 aromatic heterocycles. The van der Waals surface area contributed by atoms with E-state index < -0.39 is 0 Å². The predicted molar refractivity (Wildman–Crippen MR) is 150 cm³/mol. The Morgan fingerprint density at radius 1 is 0.923 bits per heavy atom. The summed E-state index contributed by atoms with van der Waals surface area (Å²) in [6.07, 6.45) is 8.53. The molecule has 0 saturated heterocycles. The van der Waals surface area contributed by atoms with Gasteiger partial charge < -0.3 is 15.2 Å². The molecular weight excluding hydrogens is 495 g/mol. The van der Waals surface area contributed by atoms with Crippen molar-refractivity contribution in [1.29, 1.82) is 0 Å². The number of hydrogen-bond donors (Lipinski definition) is 3. The lowest BCUT2D eigenvalue weighted by atomic mass is 10.0. The van der Waals surface area contributed by atoms with Crippen molar-refractivity contribution < 1.29 is 9.18 Å². The van der Waals surface area contributed by atoms with Gasteiger partial charge in [0.2, 0.25) is 5.91 Å². The van der Waals surface area contributed by atoms with Gasteiger partial charge in [-0.25, -0.2) is 4.39 Å². The third kappa shape index (κ3) is 4.85. The van der Waals surface area contributed by atoms with Crippen LogP contribution in [0.3, 0.4) is 0 Å². The Morgan fingerprint density at radius 3 is 2.59 bits per heavy atom. The van der Waals surface area contributed by atoms with Gasteiger partial charge in [-0.05, 0) is 62.5 Å². The summed E-state index contributed by atoms with van der Waals surface area (Å²) < 4.78 is 14.2. The zero-order chi connectivity index (χ0) is 27.1. The highest BCUT2D eigenvalue weighted by Crippen LogP contribution is 2.35. The van der Waals surface area contributed by atoms with E-state index >= 15 is 0 Å². The fraction of sp³-hybridized carbons (Fsp3) is 0.138. The molecule has 0 spiro atoms. The lowest BCUT2D eigenvalue weighted by molar-refractivity contribution is -0.116. The van der Waals surface area contributed by atoms with Gasteiger partial charge in [-0.3, -0.25) is 24.8 Å². The van der Waals surface area contributed by atoms with Crippen LogP contribution in [0.5, 0.6) is 0 Å². The number of halogens is 1. The van der Waals surface area contributed by atoms with E-state index in [4.69, 9.17) is 0 Å². The second kappa shape index (κ2) is 9.73. The molecule has 0 bridgehead atoms. The van der Waals surface area contributed by atoms with Gasteiger partial charge in [0.25, 0.3) is 0 Å². The minimum absolute atomic E-state index is 0.124. The molecule has 5 heterocycles. The van der Waals surface area contributed by atoms with Gasteiger partial charge in [-0.15, -0.1) is 0 Å². The van der Waals surface area contributed by atoms with Crippen LogP contribution in [-0.2, 0) is 4.79 Å². The Kier molecular flexibility index (Phi) is 6.08. The predicted octanol–water partition coefficient (Wildman–Crippen LogP) is 5.18. The Labute approximate surface area is 223 Å². The zero-order valence-corrected chi connectivity index (χ0v) is 21.6. The van der Waals surface area contributed by atoms with Crippen molar-refractivity contribution in [2.45, 2.75) is 6.92 Å². The first-order chi connectivity index (χ1) is 18.8. The van der Waals surface area contributed by atoms with Crippen LogP contribution in [0.1, 0.15) is 5.56 Å². The summed E-state index contributed by atoms with van der Waals surface area (Å²) in [6.45, 7) is 2.14. The van der Waals surface area contributed by atoms with Crippen molar-refractivity contribution in [2.24, 2.45) is 0 Å². The molecule has 0 radical (unpaired) electrons. The van der Waals surface area contributed by atoms with Crippen LogP contribution in [0.25, 0.3) is 55.6 Å². The van der Waals surface area contributed by atoms with Gasteiger partial charge in [-0.2, -0.15) is 5.10 Å². The van der Waals surface area contributed by atoms with Crippen molar-refractivity contribution in [3.63, 3.8) is 0 Å². The average Bonchev–Trinajstić information content (AvgIpc) is 3.51. The molecule has 9 nitrogen and oxygen atoms in total. The lowest BCUT2D eigenvalue weighted by Crippen LogP contribution is -2.27. The molecule has 0 aliphatic carbocycles. The number of rotatable bonds is 6. The summed E-state index contributed by atoms with van der Waals surface area (Å²) in [5.74, 6) is -0.410. The van der Waals surface area contributed by atoms with Crippen molar-refractivity contribution in [3.05, 3.63) is 78.8 Å². The first-order valence-corrected chi connectivity index (χ1v) is 12.3. The van der Waals surface area contributed by atoms with Crippen LogP contribution in [0.4, 0.5) is 10.1 Å². The summed E-state index contributed by atoms with van der Waals surface area (Å²) in [4.78, 5) is 30.6. The van der Waals surface area contributed by atoms with Crippen LogP contribution in [0.2, 0.25) is 0 Å². The molecule has 0 fully saturated rings. The van der Waals surface area contributed by atoms with Gasteiger partial charge in [0.05, 0.1) is 53.2 Å². The molecule has 10 heteroatoms. The quantitative estimate of drug-likeness (QED) is 0.279. The first kappa shape index (κ1) is 24.4. The van der Waals surface area contributed by atoms with Gasteiger partial charge in [0.1, 0.15) is 11.5 Å². The number of amides is 1. The summed E-state index contributed by atoms with van der Waals surface area (Å²) in [5.41, 5.74) is 7.58. The normalized spacial score (nSPS) is 11.5. The molecule has 194 valence electrons. The number of benzene rings is 1. The van der Waals surface area contributed by atoms with E-state index in [0.29, 0.717) is 11.4 Å². The van der Waals surface area contributed by atoms with Gasteiger partial charge in [-0.1, -0.05) is 6.07 Å². The average molecular weight is 521 g/mol. The number of aromatic amines is 2. The van der Waals surface area contributed by atoms with Crippen LogP contribution < -0.4 is 5.32 Å². The number of aryl methyl sites for hydroxylation is 1. The highest BCUT2D eigenvalue weighted by Gasteiger charge is 2.16. The number of likely N-dealkylation sites (N-methyl/N-ethyl adjacent to an activating group) is 1. The number of carbonyl (C=O) groups excluding carboxylic acids is 1. The Morgan fingerprint density at radius 2 is 1.77 bits per heavy atom. The highest BCUT2D eigenvalue weighted by molar-refractivity contribution is 6.01. The number of carbonyl (C=O) groups is 1. The molecule has 0 aliphatic rings. The molecule has 1 aromatic carbocycles. The third-order valence-corrected chi connectivity index (χ3v) is 6.38. The van der Waals surface area contributed by atoms with Crippen molar-refractivity contribution in [1.82, 2.24) is 35.0 Å². The van der Waals surface area contributed by atoms with E-state index in [1.54, 1.807) is 35.9 Å². The van der Waals surface area contributed by atoms with Gasteiger partial charge >= 0.3 is 0 Å². The van der Waals surface area contributed by atoms with E-state index in [0.717, 1.165) is 55.4 Å². The smallest absolute Gasteiger partial charge is 0.238 e. The third-order valence-electron chi connectivity index (χ3n) is 6.38. The molecule has 0 atom stereocenters. The second-order valence-electron chi connectivity index (χ2n) is 9.78. The maximum absolute atomic E-state index is 14.2. The maximum atomic E-state index is 14.2. The summed E-state index contributed by atoms with van der Waals surface area (Å²) in [5, 5.41) is 12.3. The van der Waals surface area contributed by atoms with E-state index in [1.165, 1.54) is 12.1 Å². The SMILES string of the molecule is Cc1cc(F)cc(-c2cncc3[nH]c(-c4n[nH]c5cnc(-c6cncc(NC(=O)CN(C)C)c6)cc45)cc23)c1. The minimum Gasteiger partial charge on any atom is -0.352 e. The molecule has 0 aliphatic heterocycles. The Balaban J connectivity index is 1.39. The molecule has 3 N–H and O–H groups in total. The molecule has 6 aromatic rings. The Hall–Kier alpha value is -4.96. The number of nitrogens with zero attached hydrogens (tertiary/aromatic N) is 5. The standard InChI is InChI=1S/C29H25FN8O/c1-16-4-17(6-19(30)5-16)23-12-32-13-26-21(23)8-25(35-26)29-22-9-24(33-14-27(22)36-37-29)18-7-20(11-31-10-18)34-28(39)15-38(2)3/h4-14,35H,15H2,1-3H3,(H,34,39)(H,36,37). The first-order valence-electron chi connectivity index (χ1n) is 12.3. The summed E-state index contributed by atoms with van der Waals surface area (Å²) >= 11 is 0. The number of aromatic nitrogens is 6. The Bertz CT molecular complexity index is 1840. The number of pyridine rings is 3. The van der Waals surface area contributed by atoms with Crippen LogP contribution in [0, 0.1) is 12.7 Å². The fourth-order valence-electron chi connectivity index (χ4n) is 4.72. The van der Waals surface area contributed by atoms with Crippen molar-refractivity contribution in [2.75, 3.05) is 26.0 Å². The van der Waals surface area contributed by atoms with E-state index in [1.807, 2.05) is 45.3 Å². The molecule has 0 saturated carbocycles. The molecular formula is C29H25FN8O. The largest absolute Gasteiger partial charge is 0.352 e. The van der Waals surface area contributed by atoms with Crippen LogP contribution in [-0.4, -0.2) is 61.6 Å². The molecule has 1 amide bonds. The van der Waals surface area contributed by atoms with Crippen molar-refractivity contribution >= 4 is 33.4 Å². The van der Waals surface area contributed by atoms with E-state index in [2.05, 4.69) is 35.5 Å². The molecule has 6 rings (SSSR count). The van der Waals surface area contributed by atoms with Crippen LogP contribution >= 0.6 is 0 Å². The number of anilines is 1. The number of nitrogens with one attached hydrogen (secondary N) is 3. The monoisotopic (exact) mass is 520 g/mol. The van der Waals surface area contributed by atoms with Crippen LogP contribution in [0.15, 0.2) is 67.4 Å². The highest BCUT2D eigenvalue weighted by atomic mass is 19.1. The molecule has 0 unspecified atom stereocenters. The second-order valence-corrected chi connectivity index (χ2v) is 9.78. The zero-order valence-electron chi connectivity index (χ0n) is 21.6. The van der Waals surface area contributed by atoms with Gasteiger partial charge in [0, 0.05) is 34.3 Å². The maximum Gasteiger partial charge on any atom is 0.238 e. The minimum atomic E-state index is -0.285. The topological polar surface area (TPSA) is 115 Å². The van der Waals surface area contributed by atoms with E-state index in [-0.39, 0.29) is 18.3 Å². The fourth-order valence-corrected chi connectivity index (χ4v) is 4.72. The lowest BCUT2D eigenvalue weighted by Gasteiger charge is -2.10. The van der Waals surface area contributed by atoms with E-state index in [9.17, 15) is 9.18 Å². The number of hydrogen-bond acceptors (Lipinski definition) is 6. The number of H-pyrrole nitrogens is 2. The van der Waals surface area contributed by atoms with Crippen molar-refractivity contribution in [3.8, 4) is 33.8 Å². The summed E-state index contributed by atoms with van der Waals surface area (Å²) in [7, 11) is 3.67. The summed E-state index contributed by atoms with van der Waals surface area (Å²) in [6, 6.07) is 10.8. The molecule has 39 heavy (non-hydrogen) atoms. The number of fused-ring (bicyclic) bond motifs is 2. The van der Waals surface area contributed by atoms with Gasteiger partial charge in [0.15, 0.2) is 0 Å².